The lowest BCUT2D eigenvalue weighted by molar-refractivity contribution is 0.102. The molecule has 1 amide bonds. The first kappa shape index (κ1) is 12.0. The first-order chi connectivity index (χ1) is 8.45. The molecule has 3 N–H and O–H groups in total. The van der Waals surface area contributed by atoms with Gasteiger partial charge in [-0.1, -0.05) is 0 Å². The Bertz CT molecular complexity index is 584. The van der Waals surface area contributed by atoms with Crippen LogP contribution in [0, 0.1) is 6.92 Å². The van der Waals surface area contributed by atoms with E-state index in [1.54, 1.807) is 13.1 Å². The van der Waals surface area contributed by atoms with E-state index in [9.17, 15) is 15.0 Å². The summed E-state index contributed by atoms with van der Waals surface area (Å²) in [5, 5.41) is 25.4. The van der Waals surface area contributed by atoms with Gasteiger partial charge in [0.1, 0.15) is 17.3 Å². The largest absolute Gasteiger partial charge is 0.508 e. The summed E-state index contributed by atoms with van der Waals surface area (Å²) in [4.78, 5) is 11.9. The molecule has 0 radical (unpaired) electrons. The molecule has 2 aromatic rings. The molecule has 0 aliphatic rings. The Hall–Kier alpha value is -2.50. The first-order valence-corrected chi connectivity index (χ1v) is 5.31. The van der Waals surface area contributed by atoms with Crippen LogP contribution in [0.3, 0.4) is 0 Å². The number of aryl methyl sites for hydroxylation is 2. The van der Waals surface area contributed by atoms with E-state index in [2.05, 4.69) is 10.4 Å². The zero-order chi connectivity index (χ0) is 13.3. The fourth-order valence-corrected chi connectivity index (χ4v) is 1.64. The van der Waals surface area contributed by atoms with Gasteiger partial charge in [-0.05, 0) is 19.1 Å². The average Bonchev–Trinajstić information content (AvgIpc) is 2.56. The van der Waals surface area contributed by atoms with E-state index in [0.717, 1.165) is 11.8 Å². The molecule has 0 aliphatic carbocycles. The van der Waals surface area contributed by atoms with E-state index in [1.807, 2.05) is 6.92 Å². The fraction of sp³-hybridized carbons (Fsp3) is 0.167. The summed E-state index contributed by atoms with van der Waals surface area (Å²) in [7, 11) is 1.71. The lowest BCUT2D eigenvalue weighted by atomic mass is 10.2. The molecule has 0 fully saturated rings. The highest BCUT2D eigenvalue weighted by molar-refractivity contribution is 6.04. The predicted molar refractivity (Wildman–Crippen MR) is 65.7 cm³/mol. The maximum Gasteiger partial charge on any atom is 0.257 e. The summed E-state index contributed by atoms with van der Waals surface area (Å²) in [6.07, 6.45) is 0. The van der Waals surface area contributed by atoms with Gasteiger partial charge < -0.3 is 15.5 Å². The Kier molecular flexibility index (Phi) is 2.93. The van der Waals surface area contributed by atoms with Crippen molar-refractivity contribution in [3.05, 3.63) is 35.5 Å². The van der Waals surface area contributed by atoms with Gasteiger partial charge >= 0.3 is 0 Å². The van der Waals surface area contributed by atoms with Crippen LogP contribution in [0.1, 0.15) is 16.1 Å². The van der Waals surface area contributed by atoms with Crippen LogP contribution < -0.4 is 5.32 Å². The normalized spacial score (nSPS) is 10.3. The molecule has 0 atom stereocenters. The quantitative estimate of drug-likeness (QED) is 0.748. The second kappa shape index (κ2) is 4.40. The molecule has 6 heteroatoms. The van der Waals surface area contributed by atoms with E-state index in [1.165, 1.54) is 16.8 Å². The van der Waals surface area contributed by atoms with Crippen LogP contribution in [-0.4, -0.2) is 25.9 Å². The number of aromatic hydroxyl groups is 2. The van der Waals surface area contributed by atoms with Crippen molar-refractivity contribution in [3.63, 3.8) is 0 Å². The van der Waals surface area contributed by atoms with Gasteiger partial charge in [0.15, 0.2) is 0 Å². The van der Waals surface area contributed by atoms with E-state index < -0.39 is 5.91 Å². The highest BCUT2D eigenvalue weighted by Gasteiger charge is 2.11. The van der Waals surface area contributed by atoms with E-state index in [4.69, 9.17) is 0 Å². The molecule has 0 aliphatic heterocycles. The molecule has 2 rings (SSSR count). The maximum absolute atomic E-state index is 11.9. The monoisotopic (exact) mass is 247 g/mol. The number of phenols is 2. The van der Waals surface area contributed by atoms with Crippen molar-refractivity contribution >= 4 is 11.7 Å². The van der Waals surface area contributed by atoms with Crippen molar-refractivity contribution in [2.24, 2.45) is 7.05 Å². The number of carbonyl (C=O) groups is 1. The number of benzene rings is 1. The van der Waals surface area contributed by atoms with Crippen molar-refractivity contribution in [1.82, 2.24) is 9.78 Å². The minimum atomic E-state index is -0.427. The highest BCUT2D eigenvalue weighted by Crippen LogP contribution is 2.21. The summed E-state index contributed by atoms with van der Waals surface area (Å²) < 4.78 is 1.54. The van der Waals surface area contributed by atoms with Gasteiger partial charge in [-0.2, -0.15) is 5.10 Å². The Labute approximate surface area is 103 Å². The van der Waals surface area contributed by atoms with Crippen LogP contribution >= 0.6 is 0 Å². The van der Waals surface area contributed by atoms with Crippen LogP contribution in [-0.2, 0) is 7.05 Å². The lowest BCUT2D eigenvalue weighted by Crippen LogP contribution is -2.14. The standard InChI is InChI=1S/C12H13N3O3/c1-7-3-11(15(2)14-7)13-12(18)8-4-9(16)6-10(17)5-8/h3-6,16-17H,1-2H3,(H,13,18). The van der Waals surface area contributed by atoms with Crippen LogP contribution in [0.25, 0.3) is 0 Å². The Morgan fingerprint density at radius 1 is 1.22 bits per heavy atom. The van der Waals surface area contributed by atoms with Crippen LogP contribution in [0.4, 0.5) is 5.82 Å². The number of nitrogens with one attached hydrogen (secondary N) is 1. The van der Waals surface area contributed by atoms with E-state index in [0.29, 0.717) is 5.82 Å². The summed E-state index contributed by atoms with van der Waals surface area (Å²) in [6.45, 7) is 1.82. The number of rotatable bonds is 2. The number of carbonyl (C=O) groups excluding carboxylic acids is 1. The number of anilines is 1. The Morgan fingerprint density at radius 2 is 1.83 bits per heavy atom. The first-order valence-electron chi connectivity index (χ1n) is 5.31. The van der Waals surface area contributed by atoms with Crippen molar-refractivity contribution in [2.45, 2.75) is 6.92 Å². The minimum Gasteiger partial charge on any atom is -0.508 e. The zero-order valence-electron chi connectivity index (χ0n) is 10.0. The number of amides is 1. The van der Waals surface area contributed by atoms with Gasteiger partial charge in [-0.25, -0.2) is 0 Å². The maximum atomic E-state index is 11.9. The van der Waals surface area contributed by atoms with Gasteiger partial charge in [0, 0.05) is 24.7 Å². The van der Waals surface area contributed by atoms with Gasteiger partial charge in [0.05, 0.1) is 5.69 Å². The molecule has 1 aromatic carbocycles. The molecule has 0 saturated carbocycles. The van der Waals surface area contributed by atoms with Gasteiger partial charge in [-0.3, -0.25) is 9.48 Å². The van der Waals surface area contributed by atoms with Crippen LogP contribution in [0.2, 0.25) is 0 Å². The molecule has 1 heterocycles. The number of phenolic OH excluding ortho intramolecular Hbond substituents is 2. The predicted octanol–water partition coefficient (Wildman–Crippen LogP) is 1.39. The summed E-state index contributed by atoms with van der Waals surface area (Å²) in [5.41, 5.74) is 0.956. The third kappa shape index (κ3) is 2.42. The smallest absolute Gasteiger partial charge is 0.257 e. The highest BCUT2D eigenvalue weighted by atomic mass is 16.3. The van der Waals surface area contributed by atoms with Crippen molar-refractivity contribution in [2.75, 3.05) is 5.32 Å². The minimum absolute atomic E-state index is 0.165. The number of hydrogen-bond acceptors (Lipinski definition) is 4. The zero-order valence-corrected chi connectivity index (χ0v) is 10.0. The number of nitrogens with zero attached hydrogens (tertiary/aromatic N) is 2. The van der Waals surface area contributed by atoms with Gasteiger partial charge in [0.25, 0.3) is 5.91 Å². The topological polar surface area (TPSA) is 87.4 Å². The number of hydrogen-bond donors (Lipinski definition) is 3. The molecule has 0 saturated heterocycles. The van der Waals surface area contributed by atoms with Crippen LogP contribution in [0.15, 0.2) is 24.3 Å². The molecule has 1 aromatic heterocycles. The van der Waals surface area contributed by atoms with Gasteiger partial charge in [0.2, 0.25) is 0 Å². The molecule has 94 valence electrons. The van der Waals surface area contributed by atoms with Crippen molar-refractivity contribution in [3.8, 4) is 11.5 Å². The van der Waals surface area contributed by atoms with Crippen LogP contribution in [0.5, 0.6) is 11.5 Å². The van der Waals surface area contributed by atoms with E-state index in [-0.39, 0.29) is 17.1 Å². The molecule has 0 bridgehead atoms. The van der Waals surface area contributed by atoms with E-state index >= 15 is 0 Å². The molecule has 0 spiro atoms. The third-order valence-electron chi connectivity index (χ3n) is 2.41. The molecular formula is C12H13N3O3. The third-order valence-corrected chi connectivity index (χ3v) is 2.41. The molecule has 6 nitrogen and oxygen atoms in total. The SMILES string of the molecule is Cc1cc(NC(=O)c2cc(O)cc(O)c2)n(C)n1. The van der Waals surface area contributed by atoms with Gasteiger partial charge in [-0.15, -0.1) is 0 Å². The number of aromatic nitrogens is 2. The molecule has 18 heavy (non-hydrogen) atoms. The second-order valence-electron chi connectivity index (χ2n) is 3.99. The van der Waals surface area contributed by atoms with Crippen molar-refractivity contribution < 1.29 is 15.0 Å². The summed E-state index contributed by atoms with van der Waals surface area (Å²) >= 11 is 0. The Balaban J connectivity index is 2.24. The summed E-state index contributed by atoms with van der Waals surface area (Å²) in [6, 6.07) is 5.43. The average molecular weight is 247 g/mol. The summed E-state index contributed by atoms with van der Waals surface area (Å²) in [5.74, 6) is -0.216. The molecule has 0 unspecified atom stereocenters. The molecular weight excluding hydrogens is 234 g/mol. The lowest BCUT2D eigenvalue weighted by Gasteiger charge is -2.06. The second-order valence-corrected chi connectivity index (χ2v) is 3.99. The fourth-order valence-electron chi connectivity index (χ4n) is 1.64. The van der Waals surface area contributed by atoms with Crippen molar-refractivity contribution in [1.29, 1.82) is 0 Å². The Morgan fingerprint density at radius 3 is 2.33 bits per heavy atom.